The van der Waals surface area contributed by atoms with E-state index in [1.165, 1.54) is 0 Å². The summed E-state index contributed by atoms with van der Waals surface area (Å²) >= 11 is 3.32. The quantitative estimate of drug-likeness (QED) is 0.792. The number of aryl methyl sites for hydroxylation is 1. The number of carbonyl (C=O) groups excluding carboxylic acids is 1. The zero-order valence-electron chi connectivity index (χ0n) is 7.39. The molecule has 70 valence electrons. The molecule has 4 nitrogen and oxygen atoms in total. The Morgan fingerprint density at radius 1 is 1.54 bits per heavy atom. The van der Waals surface area contributed by atoms with Gasteiger partial charge >= 0.3 is 6.03 Å². The van der Waals surface area contributed by atoms with Crippen molar-refractivity contribution in [2.75, 3.05) is 12.4 Å². The van der Waals surface area contributed by atoms with E-state index in [9.17, 15) is 4.79 Å². The van der Waals surface area contributed by atoms with Gasteiger partial charge in [-0.2, -0.15) is 0 Å². The number of aromatic nitrogens is 1. The van der Waals surface area contributed by atoms with Gasteiger partial charge in [0.15, 0.2) is 0 Å². The Balaban J connectivity index is 2.79. The highest BCUT2D eigenvalue weighted by atomic mass is 79.9. The third-order valence-electron chi connectivity index (χ3n) is 1.49. The van der Waals surface area contributed by atoms with Crippen LogP contribution in [-0.4, -0.2) is 18.1 Å². The first-order valence-corrected chi connectivity index (χ1v) is 4.54. The van der Waals surface area contributed by atoms with Gasteiger partial charge in [-0.3, -0.25) is 5.32 Å². The first kappa shape index (κ1) is 9.98. The number of amides is 2. The van der Waals surface area contributed by atoms with Crippen LogP contribution >= 0.6 is 15.9 Å². The maximum absolute atomic E-state index is 10.9. The van der Waals surface area contributed by atoms with Crippen LogP contribution in [0.15, 0.2) is 16.6 Å². The number of urea groups is 1. The maximum atomic E-state index is 10.9. The molecule has 0 aliphatic rings. The molecular formula is C8H10BrN3O. The van der Waals surface area contributed by atoms with E-state index in [1.807, 2.05) is 13.0 Å². The van der Waals surface area contributed by atoms with Gasteiger partial charge < -0.3 is 5.32 Å². The molecule has 0 bridgehead atoms. The summed E-state index contributed by atoms with van der Waals surface area (Å²) in [7, 11) is 1.56. The van der Waals surface area contributed by atoms with Crippen molar-refractivity contribution in [1.29, 1.82) is 0 Å². The van der Waals surface area contributed by atoms with E-state index in [4.69, 9.17) is 0 Å². The van der Waals surface area contributed by atoms with Crippen LogP contribution in [0.3, 0.4) is 0 Å². The third-order valence-corrected chi connectivity index (χ3v) is 2.33. The normalized spacial score (nSPS) is 9.46. The Hall–Kier alpha value is -1.10. The Labute approximate surface area is 84.9 Å². The third kappa shape index (κ3) is 2.69. The SMILES string of the molecule is CNC(=O)Nc1ccc(Br)c(C)n1. The van der Waals surface area contributed by atoms with Gasteiger partial charge in [0.1, 0.15) is 5.82 Å². The lowest BCUT2D eigenvalue weighted by Crippen LogP contribution is -2.25. The number of nitrogens with zero attached hydrogens (tertiary/aromatic N) is 1. The Bertz CT molecular complexity index is 327. The van der Waals surface area contributed by atoms with E-state index in [0.29, 0.717) is 5.82 Å². The molecule has 13 heavy (non-hydrogen) atoms. The zero-order valence-corrected chi connectivity index (χ0v) is 8.97. The molecule has 2 amide bonds. The molecule has 0 radical (unpaired) electrons. The summed E-state index contributed by atoms with van der Waals surface area (Å²) in [5.41, 5.74) is 0.842. The number of hydrogen-bond donors (Lipinski definition) is 2. The number of halogens is 1. The fourth-order valence-corrected chi connectivity index (χ4v) is 1.01. The lowest BCUT2D eigenvalue weighted by Gasteiger charge is -2.04. The van der Waals surface area contributed by atoms with Gasteiger partial charge in [-0.05, 0) is 35.0 Å². The minimum atomic E-state index is -0.269. The molecule has 0 saturated heterocycles. The van der Waals surface area contributed by atoms with Crippen molar-refractivity contribution in [2.45, 2.75) is 6.92 Å². The molecule has 0 atom stereocenters. The van der Waals surface area contributed by atoms with E-state index in [1.54, 1.807) is 13.1 Å². The van der Waals surface area contributed by atoms with Gasteiger partial charge in [-0.15, -0.1) is 0 Å². The summed E-state index contributed by atoms with van der Waals surface area (Å²) < 4.78 is 0.926. The molecule has 1 aromatic heterocycles. The zero-order chi connectivity index (χ0) is 9.84. The Kier molecular flexibility index (Phi) is 3.25. The Morgan fingerprint density at radius 2 is 2.23 bits per heavy atom. The van der Waals surface area contributed by atoms with Gasteiger partial charge in [0.25, 0.3) is 0 Å². The number of hydrogen-bond acceptors (Lipinski definition) is 2. The van der Waals surface area contributed by atoms with E-state index in [2.05, 4.69) is 31.5 Å². The molecular weight excluding hydrogens is 234 g/mol. The van der Waals surface area contributed by atoms with Crippen LogP contribution in [0.2, 0.25) is 0 Å². The summed E-state index contributed by atoms with van der Waals surface area (Å²) in [6.07, 6.45) is 0. The van der Waals surface area contributed by atoms with E-state index >= 15 is 0 Å². The van der Waals surface area contributed by atoms with Crippen LogP contribution < -0.4 is 10.6 Å². The van der Waals surface area contributed by atoms with Crippen molar-refractivity contribution in [2.24, 2.45) is 0 Å². The topological polar surface area (TPSA) is 54.0 Å². The van der Waals surface area contributed by atoms with E-state index < -0.39 is 0 Å². The molecule has 1 rings (SSSR count). The number of pyridine rings is 1. The molecule has 0 saturated carbocycles. The molecule has 0 unspecified atom stereocenters. The Morgan fingerprint density at radius 3 is 2.77 bits per heavy atom. The summed E-state index contributed by atoms with van der Waals surface area (Å²) in [4.78, 5) is 15.0. The van der Waals surface area contributed by atoms with Crippen LogP contribution in [0.4, 0.5) is 10.6 Å². The smallest absolute Gasteiger partial charge is 0.320 e. The molecule has 0 aliphatic carbocycles. The number of nitrogens with one attached hydrogen (secondary N) is 2. The largest absolute Gasteiger partial charge is 0.341 e. The fraction of sp³-hybridized carbons (Fsp3) is 0.250. The van der Waals surface area contributed by atoms with Crippen LogP contribution in [0.1, 0.15) is 5.69 Å². The van der Waals surface area contributed by atoms with Crippen molar-refractivity contribution in [3.05, 3.63) is 22.3 Å². The molecule has 0 spiro atoms. The van der Waals surface area contributed by atoms with Crippen LogP contribution in [-0.2, 0) is 0 Å². The van der Waals surface area contributed by atoms with Crippen molar-refractivity contribution in [3.8, 4) is 0 Å². The summed E-state index contributed by atoms with van der Waals surface area (Å²) in [6.45, 7) is 1.86. The average Bonchev–Trinajstić information content (AvgIpc) is 2.11. The first-order chi connectivity index (χ1) is 6.13. The molecule has 0 fully saturated rings. The van der Waals surface area contributed by atoms with Crippen molar-refractivity contribution in [1.82, 2.24) is 10.3 Å². The van der Waals surface area contributed by atoms with Crippen molar-refractivity contribution in [3.63, 3.8) is 0 Å². The molecule has 5 heteroatoms. The lowest BCUT2D eigenvalue weighted by molar-refractivity contribution is 0.254. The van der Waals surface area contributed by atoms with Gasteiger partial charge in [0.05, 0.1) is 5.69 Å². The predicted molar refractivity (Wildman–Crippen MR) is 54.8 cm³/mol. The van der Waals surface area contributed by atoms with Gasteiger partial charge in [-0.25, -0.2) is 9.78 Å². The van der Waals surface area contributed by atoms with Gasteiger partial charge in [0.2, 0.25) is 0 Å². The lowest BCUT2D eigenvalue weighted by atomic mass is 10.4. The second kappa shape index (κ2) is 4.23. The minimum Gasteiger partial charge on any atom is -0.341 e. The summed E-state index contributed by atoms with van der Waals surface area (Å²) in [5.74, 6) is 0.542. The number of rotatable bonds is 1. The van der Waals surface area contributed by atoms with Crippen LogP contribution in [0.5, 0.6) is 0 Å². The highest BCUT2D eigenvalue weighted by molar-refractivity contribution is 9.10. The highest BCUT2D eigenvalue weighted by Crippen LogP contribution is 2.15. The monoisotopic (exact) mass is 243 g/mol. The minimum absolute atomic E-state index is 0.269. The molecule has 1 heterocycles. The van der Waals surface area contributed by atoms with Gasteiger partial charge in [0, 0.05) is 11.5 Å². The summed E-state index contributed by atoms with van der Waals surface area (Å²) in [6, 6.07) is 3.30. The highest BCUT2D eigenvalue weighted by Gasteiger charge is 2.01. The second-order valence-corrected chi connectivity index (χ2v) is 3.32. The second-order valence-electron chi connectivity index (χ2n) is 2.47. The molecule has 0 aliphatic heterocycles. The summed E-state index contributed by atoms with van der Waals surface area (Å²) in [5, 5.41) is 5.02. The fourth-order valence-electron chi connectivity index (χ4n) is 0.792. The van der Waals surface area contributed by atoms with Crippen LogP contribution in [0.25, 0.3) is 0 Å². The first-order valence-electron chi connectivity index (χ1n) is 3.75. The van der Waals surface area contributed by atoms with E-state index in [0.717, 1.165) is 10.2 Å². The number of carbonyl (C=O) groups is 1. The van der Waals surface area contributed by atoms with Crippen molar-refractivity contribution < 1.29 is 4.79 Å². The molecule has 2 N–H and O–H groups in total. The molecule has 0 aromatic carbocycles. The van der Waals surface area contributed by atoms with E-state index in [-0.39, 0.29) is 6.03 Å². The van der Waals surface area contributed by atoms with Gasteiger partial charge in [-0.1, -0.05) is 0 Å². The predicted octanol–water partition coefficient (Wildman–Crippen LogP) is 1.90. The maximum Gasteiger partial charge on any atom is 0.320 e. The standard InChI is InChI=1S/C8H10BrN3O/c1-5-6(9)3-4-7(11-5)12-8(13)10-2/h3-4H,1-2H3,(H2,10,11,12,13). The number of anilines is 1. The van der Waals surface area contributed by atoms with Crippen LogP contribution in [0, 0.1) is 6.92 Å². The average molecular weight is 244 g/mol. The van der Waals surface area contributed by atoms with Crippen molar-refractivity contribution >= 4 is 27.8 Å². The molecule has 1 aromatic rings.